The fraction of sp³-hybridized carbons (Fsp3) is 0.235. The van der Waals surface area contributed by atoms with Gasteiger partial charge in [-0.25, -0.2) is 0 Å². The van der Waals surface area contributed by atoms with Gasteiger partial charge in [-0.1, -0.05) is 29.8 Å². The van der Waals surface area contributed by atoms with E-state index in [-0.39, 0.29) is 12.5 Å². The maximum absolute atomic E-state index is 12.4. The summed E-state index contributed by atoms with van der Waals surface area (Å²) in [6.45, 7) is 1.08. The smallest absolute Gasteiger partial charge is 0.246 e. The van der Waals surface area contributed by atoms with Gasteiger partial charge in [0.05, 0.1) is 6.54 Å². The normalized spacial score (nSPS) is 13.7. The molecule has 0 saturated carbocycles. The van der Waals surface area contributed by atoms with Gasteiger partial charge in [-0.05, 0) is 48.7 Å². The summed E-state index contributed by atoms with van der Waals surface area (Å²) in [6, 6.07) is 15.5. The number of anilines is 2. The van der Waals surface area contributed by atoms with E-state index in [0.29, 0.717) is 5.02 Å². The highest BCUT2D eigenvalue weighted by Gasteiger charge is 2.21. The maximum atomic E-state index is 12.4. The van der Waals surface area contributed by atoms with E-state index in [1.54, 1.807) is 0 Å². The van der Waals surface area contributed by atoms with Gasteiger partial charge in [0.1, 0.15) is 0 Å². The zero-order valence-corrected chi connectivity index (χ0v) is 12.4. The van der Waals surface area contributed by atoms with Crippen LogP contribution < -0.4 is 10.2 Å². The van der Waals surface area contributed by atoms with Crippen molar-refractivity contribution in [3.8, 4) is 0 Å². The van der Waals surface area contributed by atoms with Crippen molar-refractivity contribution >= 4 is 28.9 Å². The van der Waals surface area contributed by atoms with Crippen molar-refractivity contribution < 1.29 is 4.79 Å². The molecule has 1 amide bonds. The average Bonchev–Trinajstić information content (AvgIpc) is 2.53. The van der Waals surface area contributed by atoms with E-state index in [4.69, 9.17) is 11.6 Å². The lowest BCUT2D eigenvalue weighted by atomic mass is 10.0. The van der Waals surface area contributed by atoms with Crippen LogP contribution in [-0.2, 0) is 11.2 Å². The van der Waals surface area contributed by atoms with Crippen molar-refractivity contribution in [2.45, 2.75) is 12.8 Å². The number of amides is 1. The van der Waals surface area contributed by atoms with Crippen LogP contribution in [0, 0.1) is 0 Å². The topological polar surface area (TPSA) is 32.3 Å². The number of hydrogen-bond acceptors (Lipinski definition) is 2. The molecule has 2 aromatic carbocycles. The fourth-order valence-electron chi connectivity index (χ4n) is 2.63. The first kappa shape index (κ1) is 14.0. The fourth-order valence-corrected chi connectivity index (χ4v) is 2.76. The Labute approximate surface area is 129 Å². The van der Waals surface area contributed by atoms with Crippen molar-refractivity contribution in [3.05, 3.63) is 59.1 Å². The first-order valence-electron chi connectivity index (χ1n) is 7.12. The number of aryl methyl sites for hydroxylation is 1. The van der Waals surface area contributed by atoms with E-state index in [9.17, 15) is 4.79 Å². The molecule has 3 rings (SSSR count). The van der Waals surface area contributed by atoms with Crippen LogP contribution in [-0.4, -0.2) is 19.0 Å². The highest BCUT2D eigenvalue weighted by atomic mass is 35.5. The molecule has 1 heterocycles. The van der Waals surface area contributed by atoms with E-state index in [2.05, 4.69) is 11.4 Å². The second kappa shape index (κ2) is 6.19. The number of fused-ring (bicyclic) bond motifs is 1. The predicted molar refractivity (Wildman–Crippen MR) is 87.1 cm³/mol. The maximum Gasteiger partial charge on any atom is 0.246 e. The van der Waals surface area contributed by atoms with Gasteiger partial charge in [-0.15, -0.1) is 0 Å². The monoisotopic (exact) mass is 300 g/mol. The molecule has 0 fully saturated rings. The van der Waals surface area contributed by atoms with Crippen molar-refractivity contribution in [1.82, 2.24) is 0 Å². The first-order chi connectivity index (χ1) is 10.2. The summed E-state index contributed by atoms with van der Waals surface area (Å²) >= 11 is 5.85. The van der Waals surface area contributed by atoms with Crippen molar-refractivity contribution in [2.75, 3.05) is 23.3 Å². The second-order valence-corrected chi connectivity index (χ2v) is 5.57. The molecule has 0 aliphatic carbocycles. The van der Waals surface area contributed by atoms with E-state index in [1.165, 1.54) is 5.56 Å². The molecule has 0 atom stereocenters. The Kier molecular flexibility index (Phi) is 4.11. The van der Waals surface area contributed by atoms with Gasteiger partial charge in [0.25, 0.3) is 0 Å². The van der Waals surface area contributed by atoms with Gasteiger partial charge in [-0.3, -0.25) is 4.79 Å². The molecule has 2 aromatic rings. The Balaban J connectivity index is 1.68. The summed E-state index contributed by atoms with van der Waals surface area (Å²) in [6.07, 6.45) is 2.06. The first-order valence-corrected chi connectivity index (χ1v) is 7.49. The third-order valence-corrected chi connectivity index (χ3v) is 3.95. The number of nitrogens with zero attached hydrogens (tertiary/aromatic N) is 1. The molecule has 3 nitrogen and oxygen atoms in total. The minimum absolute atomic E-state index is 0.0945. The van der Waals surface area contributed by atoms with Crippen LogP contribution in [0.2, 0.25) is 5.02 Å². The Hall–Kier alpha value is -2.00. The van der Waals surface area contributed by atoms with Crippen LogP contribution in [0.15, 0.2) is 48.5 Å². The highest BCUT2D eigenvalue weighted by molar-refractivity contribution is 6.30. The predicted octanol–water partition coefficient (Wildman–Crippen LogP) is 3.73. The molecule has 0 aromatic heterocycles. The molecule has 0 radical (unpaired) electrons. The molecule has 1 N–H and O–H groups in total. The number of para-hydroxylation sites is 1. The number of benzene rings is 2. The third-order valence-electron chi connectivity index (χ3n) is 3.70. The summed E-state index contributed by atoms with van der Waals surface area (Å²) in [5.41, 5.74) is 3.20. The molecule has 0 spiro atoms. The quantitative estimate of drug-likeness (QED) is 0.936. The third kappa shape index (κ3) is 3.19. The van der Waals surface area contributed by atoms with E-state index < -0.39 is 0 Å². The summed E-state index contributed by atoms with van der Waals surface area (Å²) in [4.78, 5) is 14.3. The van der Waals surface area contributed by atoms with Crippen LogP contribution in [0.4, 0.5) is 11.4 Å². The van der Waals surface area contributed by atoms with Gasteiger partial charge in [0.2, 0.25) is 5.91 Å². The summed E-state index contributed by atoms with van der Waals surface area (Å²) < 4.78 is 0. The summed E-state index contributed by atoms with van der Waals surface area (Å²) in [7, 11) is 0. The van der Waals surface area contributed by atoms with Gasteiger partial charge >= 0.3 is 0 Å². The Morgan fingerprint density at radius 1 is 1.14 bits per heavy atom. The molecule has 1 aliphatic rings. The molecule has 21 heavy (non-hydrogen) atoms. The molecular formula is C17H17ClN2O. The van der Waals surface area contributed by atoms with Crippen LogP contribution in [0.1, 0.15) is 12.0 Å². The molecular weight excluding hydrogens is 284 g/mol. The highest BCUT2D eigenvalue weighted by Crippen LogP contribution is 2.26. The van der Waals surface area contributed by atoms with Gasteiger partial charge in [-0.2, -0.15) is 0 Å². The number of hydrogen-bond donors (Lipinski definition) is 1. The van der Waals surface area contributed by atoms with Crippen LogP contribution in [0.5, 0.6) is 0 Å². The van der Waals surface area contributed by atoms with Crippen molar-refractivity contribution in [3.63, 3.8) is 0 Å². The molecule has 0 bridgehead atoms. The van der Waals surface area contributed by atoms with Gasteiger partial charge in [0, 0.05) is 22.9 Å². The minimum atomic E-state index is 0.0945. The SMILES string of the molecule is O=C(CNc1ccc(Cl)cc1)N1CCCc2ccccc21. The lowest BCUT2D eigenvalue weighted by molar-refractivity contribution is -0.117. The van der Waals surface area contributed by atoms with E-state index in [1.807, 2.05) is 47.4 Å². The number of nitrogens with one attached hydrogen (secondary N) is 1. The van der Waals surface area contributed by atoms with Crippen molar-refractivity contribution in [1.29, 1.82) is 0 Å². The molecule has 4 heteroatoms. The van der Waals surface area contributed by atoms with E-state index in [0.717, 1.165) is 30.8 Å². The molecule has 0 saturated heterocycles. The largest absolute Gasteiger partial charge is 0.376 e. The molecule has 108 valence electrons. The zero-order chi connectivity index (χ0) is 14.7. The average molecular weight is 301 g/mol. The number of carbonyl (C=O) groups is 1. The Bertz CT molecular complexity index is 639. The van der Waals surface area contributed by atoms with Crippen LogP contribution >= 0.6 is 11.6 Å². The molecule has 1 aliphatic heterocycles. The van der Waals surface area contributed by atoms with Crippen molar-refractivity contribution in [2.24, 2.45) is 0 Å². The lowest BCUT2D eigenvalue weighted by Gasteiger charge is -2.29. The van der Waals surface area contributed by atoms with Crippen LogP contribution in [0.25, 0.3) is 0 Å². The minimum Gasteiger partial charge on any atom is -0.376 e. The Morgan fingerprint density at radius 3 is 2.71 bits per heavy atom. The number of carbonyl (C=O) groups excluding carboxylic acids is 1. The van der Waals surface area contributed by atoms with E-state index >= 15 is 0 Å². The second-order valence-electron chi connectivity index (χ2n) is 5.14. The Morgan fingerprint density at radius 2 is 1.90 bits per heavy atom. The van der Waals surface area contributed by atoms with Gasteiger partial charge in [0.15, 0.2) is 0 Å². The summed E-state index contributed by atoms with van der Waals surface area (Å²) in [5, 5.41) is 3.84. The zero-order valence-electron chi connectivity index (χ0n) is 11.7. The summed E-state index contributed by atoms with van der Waals surface area (Å²) in [5.74, 6) is 0.0945. The molecule has 0 unspecified atom stereocenters. The number of rotatable bonds is 3. The number of halogens is 1. The van der Waals surface area contributed by atoms with Gasteiger partial charge < -0.3 is 10.2 Å². The van der Waals surface area contributed by atoms with Crippen LogP contribution in [0.3, 0.4) is 0 Å². The standard InChI is InChI=1S/C17H17ClN2O/c18-14-7-9-15(10-8-14)19-12-17(21)20-11-3-5-13-4-1-2-6-16(13)20/h1-2,4,6-10,19H,3,5,11-12H2. The lowest BCUT2D eigenvalue weighted by Crippen LogP contribution is -2.39.